The maximum Gasteiger partial charge on any atom is 0.253 e. The molecule has 0 spiro atoms. The van der Waals surface area contributed by atoms with Gasteiger partial charge < -0.3 is 31.2 Å². The highest BCUT2D eigenvalue weighted by Crippen LogP contribution is 2.33. The second-order valence-corrected chi connectivity index (χ2v) is 10.8. The molecule has 9 nitrogen and oxygen atoms in total. The lowest BCUT2D eigenvalue weighted by Gasteiger charge is -2.38. The van der Waals surface area contributed by atoms with Crippen LogP contribution in [-0.2, 0) is 6.54 Å². The molecular formula is C28H41N7O2. The Kier molecular flexibility index (Phi) is 8.63. The SMILES string of the molecule is Cc1cc(C)c(CNC(=O)c2cc(N3CCC(C4CCNCC4)CC3)nc(NC(C)C)c2C=N)c(=O)[nH]1. The summed E-state index contributed by atoms with van der Waals surface area (Å²) in [6.45, 7) is 11.9. The molecule has 2 fully saturated rings. The van der Waals surface area contributed by atoms with Gasteiger partial charge in [-0.2, -0.15) is 0 Å². The van der Waals surface area contributed by atoms with Gasteiger partial charge in [0.15, 0.2) is 0 Å². The summed E-state index contributed by atoms with van der Waals surface area (Å²) in [7, 11) is 0. The number of nitrogens with one attached hydrogen (secondary N) is 5. The van der Waals surface area contributed by atoms with Crippen molar-refractivity contribution in [3.63, 3.8) is 0 Å². The first kappa shape index (κ1) is 26.9. The maximum absolute atomic E-state index is 13.4. The smallest absolute Gasteiger partial charge is 0.253 e. The van der Waals surface area contributed by atoms with E-state index < -0.39 is 0 Å². The number of nitrogens with zero attached hydrogens (tertiary/aromatic N) is 2. The van der Waals surface area contributed by atoms with Crippen LogP contribution in [0.3, 0.4) is 0 Å². The quantitative estimate of drug-likeness (QED) is 0.349. The van der Waals surface area contributed by atoms with Crippen molar-refractivity contribution in [3.05, 3.63) is 50.4 Å². The summed E-state index contributed by atoms with van der Waals surface area (Å²) in [5.74, 6) is 2.51. The van der Waals surface area contributed by atoms with Crippen LogP contribution in [0, 0.1) is 31.1 Å². The second-order valence-electron chi connectivity index (χ2n) is 10.8. The van der Waals surface area contributed by atoms with Crippen molar-refractivity contribution < 1.29 is 4.79 Å². The third-order valence-corrected chi connectivity index (χ3v) is 7.69. The van der Waals surface area contributed by atoms with E-state index in [1.807, 2.05) is 33.8 Å². The molecule has 0 saturated carbocycles. The molecule has 0 atom stereocenters. The topological polar surface area (TPSA) is 126 Å². The molecule has 2 aromatic rings. The molecule has 0 aromatic carbocycles. The number of aromatic nitrogens is 2. The molecular weight excluding hydrogens is 466 g/mol. The van der Waals surface area contributed by atoms with Gasteiger partial charge in [-0.1, -0.05) is 0 Å². The molecule has 4 heterocycles. The van der Waals surface area contributed by atoms with Gasteiger partial charge in [-0.25, -0.2) is 4.98 Å². The number of aryl methyl sites for hydroxylation is 2. The van der Waals surface area contributed by atoms with Crippen LogP contribution in [0.15, 0.2) is 16.9 Å². The van der Waals surface area contributed by atoms with E-state index in [-0.39, 0.29) is 24.1 Å². The van der Waals surface area contributed by atoms with Crippen LogP contribution in [0.2, 0.25) is 0 Å². The number of hydrogen-bond donors (Lipinski definition) is 5. The number of aromatic amines is 1. The highest BCUT2D eigenvalue weighted by atomic mass is 16.1. The van der Waals surface area contributed by atoms with Gasteiger partial charge in [-0.15, -0.1) is 0 Å². The number of amides is 1. The number of anilines is 2. The van der Waals surface area contributed by atoms with Crippen LogP contribution in [0.4, 0.5) is 11.6 Å². The number of carbonyl (C=O) groups is 1. The largest absolute Gasteiger partial charge is 0.367 e. The Morgan fingerprint density at radius 3 is 2.46 bits per heavy atom. The van der Waals surface area contributed by atoms with Crippen molar-refractivity contribution in [1.29, 1.82) is 5.41 Å². The zero-order valence-corrected chi connectivity index (χ0v) is 22.5. The van der Waals surface area contributed by atoms with Crippen molar-refractivity contribution in [1.82, 2.24) is 20.6 Å². The first-order valence-corrected chi connectivity index (χ1v) is 13.5. The van der Waals surface area contributed by atoms with E-state index in [4.69, 9.17) is 10.4 Å². The Hall–Kier alpha value is -3.20. The lowest BCUT2D eigenvalue weighted by molar-refractivity contribution is 0.0950. The summed E-state index contributed by atoms with van der Waals surface area (Å²) < 4.78 is 0. The predicted octanol–water partition coefficient (Wildman–Crippen LogP) is 3.35. The normalized spacial score (nSPS) is 17.2. The minimum atomic E-state index is -0.321. The average Bonchev–Trinajstić information content (AvgIpc) is 2.87. The first-order valence-electron chi connectivity index (χ1n) is 13.5. The Balaban J connectivity index is 1.56. The minimum Gasteiger partial charge on any atom is -0.367 e. The number of carbonyl (C=O) groups excluding carboxylic acids is 1. The van der Waals surface area contributed by atoms with Crippen molar-refractivity contribution in [2.75, 3.05) is 36.4 Å². The van der Waals surface area contributed by atoms with E-state index in [0.717, 1.165) is 67.9 Å². The maximum atomic E-state index is 13.4. The Morgan fingerprint density at radius 1 is 1.16 bits per heavy atom. The van der Waals surface area contributed by atoms with Gasteiger partial charge in [0, 0.05) is 48.7 Å². The van der Waals surface area contributed by atoms with Gasteiger partial charge in [-0.3, -0.25) is 9.59 Å². The zero-order chi connectivity index (χ0) is 26.5. The third-order valence-electron chi connectivity index (χ3n) is 7.69. The van der Waals surface area contributed by atoms with Crippen LogP contribution >= 0.6 is 0 Å². The van der Waals surface area contributed by atoms with Crippen LogP contribution in [-0.4, -0.2) is 54.3 Å². The van der Waals surface area contributed by atoms with Crippen molar-refractivity contribution in [2.45, 2.75) is 66.0 Å². The summed E-state index contributed by atoms with van der Waals surface area (Å²) in [4.78, 5) is 35.8. The highest BCUT2D eigenvalue weighted by Gasteiger charge is 2.29. The second kappa shape index (κ2) is 11.9. The molecule has 0 aliphatic carbocycles. The van der Waals surface area contributed by atoms with Gasteiger partial charge in [0.1, 0.15) is 11.6 Å². The lowest BCUT2D eigenvalue weighted by Crippen LogP contribution is -2.40. The van der Waals surface area contributed by atoms with Gasteiger partial charge in [0.05, 0.1) is 5.56 Å². The molecule has 1 amide bonds. The fraction of sp³-hybridized carbons (Fsp3) is 0.571. The summed E-state index contributed by atoms with van der Waals surface area (Å²) >= 11 is 0. The van der Waals surface area contributed by atoms with E-state index in [9.17, 15) is 9.59 Å². The van der Waals surface area contributed by atoms with E-state index in [1.165, 1.54) is 19.1 Å². The third kappa shape index (κ3) is 6.39. The van der Waals surface area contributed by atoms with Crippen molar-refractivity contribution in [3.8, 4) is 0 Å². The fourth-order valence-corrected chi connectivity index (χ4v) is 5.70. The molecule has 9 heteroatoms. The number of H-pyrrole nitrogens is 1. The number of hydrogen-bond acceptors (Lipinski definition) is 7. The standard InChI is InChI=1S/C28H41N7O2/c1-17(2)32-26-23(15-29)22(27(36)31-16-24-18(3)13-19(4)33-28(24)37)14-25(34-26)35-11-7-21(8-12-35)20-5-9-30-10-6-20/h13-15,17,20-21,29-30H,5-12,16H2,1-4H3,(H,31,36)(H,32,34)(H,33,37). The molecule has 200 valence electrons. The van der Waals surface area contributed by atoms with Gasteiger partial charge in [0.2, 0.25) is 0 Å². The van der Waals surface area contributed by atoms with E-state index in [2.05, 4.69) is 25.8 Å². The van der Waals surface area contributed by atoms with Gasteiger partial charge >= 0.3 is 0 Å². The Labute approximate surface area is 219 Å². The summed E-state index contributed by atoms with van der Waals surface area (Å²) in [6, 6.07) is 3.80. The van der Waals surface area contributed by atoms with Crippen LogP contribution in [0.25, 0.3) is 0 Å². The van der Waals surface area contributed by atoms with Crippen LogP contribution in [0.5, 0.6) is 0 Å². The summed E-state index contributed by atoms with van der Waals surface area (Å²) in [5.41, 5.74) is 2.81. The summed E-state index contributed by atoms with van der Waals surface area (Å²) in [6.07, 6.45) is 5.95. The van der Waals surface area contributed by atoms with Crippen molar-refractivity contribution >= 4 is 23.8 Å². The number of pyridine rings is 2. The highest BCUT2D eigenvalue weighted by molar-refractivity contribution is 6.05. The predicted molar refractivity (Wildman–Crippen MR) is 149 cm³/mol. The molecule has 2 saturated heterocycles. The van der Waals surface area contributed by atoms with Gasteiger partial charge in [0.25, 0.3) is 11.5 Å². The zero-order valence-electron chi connectivity index (χ0n) is 22.5. The Morgan fingerprint density at radius 2 is 1.84 bits per heavy atom. The molecule has 0 unspecified atom stereocenters. The molecule has 2 aliphatic rings. The molecule has 37 heavy (non-hydrogen) atoms. The summed E-state index contributed by atoms with van der Waals surface area (Å²) in [5, 5.41) is 17.7. The molecule has 0 radical (unpaired) electrons. The fourth-order valence-electron chi connectivity index (χ4n) is 5.70. The lowest BCUT2D eigenvalue weighted by atomic mass is 9.79. The van der Waals surface area contributed by atoms with Crippen LogP contribution < -0.4 is 26.4 Å². The Bertz CT molecular complexity index is 1180. The minimum absolute atomic E-state index is 0.0942. The van der Waals surface area contributed by atoms with E-state index in [0.29, 0.717) is 22.5 Å². The first-order chi connectivity index (χ1) is 17.8. The molecule has 2 aliphatic heterocycles. The van der Waals surface area contributed by atoms with E-state index >= 15 is 0 Å². The van der Waals surface area contributed by atoms with Crippen LogP contribution in [0.1, 0.15) is 72.3 Å². The molecule has 2 aromatic heterocycles. The van der Waals surface area contributed by atoms with E-state index in [1.54, 1.807) is 6.07 Å². The molecule has 4 rings (SSSR count). The number of piperidine rings is 2. The monoisotopic (exact) mass is 507 g/mol. The van der Waals surface area contributed by atoms with Crippen molar-refractivity contribution in [2.24, 2.45) is 11.8 Å². The van der Waals surface area contributed by atoms with Gasteiger partial charge in [-0.05, 0) is 96.0 Å². The average molecular weight is 508 g/mol. The number of rotatable bonds is 8. The molecule has 0 bridgehead atoms. The molecule has 5 N–H and O–H groups in total.